The Hall–Kier alpha value is -4.48. The van der Waals surface area contributed by atoms with Crippen LogP contribution in [0.5, 0.6) is 0 Å². The lowest BCUT2D eigenvalue weighted by molar-refractivity contribution is -0.134. The third-order valence-electron chi connectivity index (χ3n) is 7.05. The number of aliphatic hydroxyl groups is 1. The van der Waals surface area contributed by atoms with Crippen molar-refractivity contribution >= 4 is 34.0 Å². The maximum Gasteiger partial charge on any atom is 0.427 e. The summed E-state index contributed by atoms with van der Waals surface area (Å²) in [4.78, 5) is 33.1. The molecule has 1 unspecified atom stereocenters. The fourth-order valence-corrected chi connectivity index (χ4v) is 5.68. The molecule has 2 aromatic heterocycles. The number of anilines is 1. The molecule has 1 atom stereocenters. The standard InChI is InChI=1S/C21H14F3N5O2S.C7H11NO2/c22-21(23,24)17-8-27-19(32-17)13-6-16-14(5-15(13)26)20(31)29(18(10-30)28-16)9-12-3-1-11(7-25)2-4-12;9-7-8-4-2-1-3-6(8)5-10-7/h1-6,8,30H,9-10,26H2;6H,1-5H2. The monoisotopic (exact) mass is 598 g/mol. The predicted octanol–water partition coefficient (Wildman–Crippen LogP) is 4.52. The number of halogens is 3. The number of nitrogen functional groups attached to an aromatic ring is 1. The van der Waals surface area contributed by atoms with Crippen molar-refractivity contribution in [2.45, 2.75) is 44.6 Å². The van der Waals surface area contributed by atoms with Gasteiger partial charge in [0.2, 0.25) is 0 Å². The van der Waals surface area contributed by atoms with Gasteiger partial charge >= 0.3 is 12.3 Å². The highest BCUT2D eigenvalue weighted by atomic mass is 32.1. The van der Waals surface area contributed by atoms with Crippen molar-refractivity contribution < 1.29 is 27.8 Å². The molecule has 10 nitrogen and oxygen atoms in total. The van der Waals surface area contributed by atoms with E-state index in [1.54, 1.807) is 24.3 Å². The van der Waals surface area contributed by atoms with Crippen LogP contribution in [0, 0.1) is 11.3 Å². The number of aromatic nitrogens is 3. The van der Waals surface area contributed by atoms with Crippen molar-refractivity contribution in [1.29, 1.82) is 5.26 Å². The highest BCUT2D eigenvalue weighted by Crippen LogP contribution is 2.39. The number of fused-ring (bicyclic) bond motifs is 2. The number of rotatable bonds is 4. The zero-order valence-corrected chi connectivity index (χ0v) is 22.9. The van der Waals surface area contributed by atoms with Gasteiger partial charge in [0.1, 0.15) is 28.9 Å². The van der Waals surface area contributed by atoms with Gasteiger partial charge in [0, 0.05) is 17.8 Å². The van der Waals surface area contributed by atoms with Crippen molar-refractivity contribution in [2.24, 2.45) is 0 Å². The summed E-state index contributed by atoms with van der Waals surface area (Å²) in [6.45, 7) is 1.10. The third kappa shape index (κ3) is 5.93. The topological polar surface area (TPSA) is 147 Å². The molecular formula is C28H25F3N6O4S. The van der Waals surface area contributed by atoms with E-state index in [-0.39, 0.29) is 45.6 Å². The van der Waals surface area contributed by atoms with E-state index in [1.165, 1.54) is 23.1 Å². The first-order chi connectivity index (χ1) is 20.1. The minimum Gasteiger partial charge on any atom is -0.447 e. The fraction of sp³-hybridized carbons (Fsp3) is 0.321. The van der Waals surface area contributed by atoms with Gasteiger partial charge in [-0.2, -0.15) is 18.4 Å². The molecule has 218 valence electrons. The Morgan fingerprint density at radius 1 is 1.19 bits per heavy atom. The number of nitrogens with zero attached hydrogens (tertiary/aromatic N) is 5. The summed E-state index contributed by atoms with van der Waals surface area (Å²) in [5.74, 6) is 0.0812. The lowest BCUT2D eigenvalue weighted by Gasteiger charge is -2.25. The predicted molar refractivity (Wildman–Crippen MR) is 148 cm³/mol. The molecule has 14 heteroatoms. The van der Waals surface area contributed by atoms with E-state index in [9.17, 15) is 27.9 Å². The first kappa shape index (κ1) is 29.0. The lowest BCUT2D eigenvalue weighted by Crippen LogP contribution is -2.37. The molecule has 0 saturated carbocycles. The number of thiazole rings is 1. The largest absolute Gasteiger partial charge is 0.447 e. The second-order valence-electron chi connectivity index (χ2n) is 9.79. The van der Waals surface area contributed by atoms with Crippen molar-refractivity contribution in [3.8, 4) is 16.6 Å². The van der Waals surface area contributed by atoms with Gasteiger partial charge in [-0.25, -0.2) is 14.8 Å². The van der Waals surface area contributed by atoms with Crippen LogP contribution in [0.2, 0.25) is 0 Å². The van der Waals surface area contributed by atoms with Crippen molar-refractivity contribution in [3.05, 3.63) is 74.8 Å². The molecule has 1 amide bonds. The van der Waals surface area contributed by atoms with E-state index < -0.39 is 23.2 Å². The van der Waals surface area contributed by atoms with Crippen molar-refractivity contribution in [3.63, 3.8) is 0 Å². The van der Waals surface area contributed by atoms with Crippen LogP contribution < -0.4 is 11.3 Å². The van der Waals surface area contributed by atoms with Crippen LogP contribution in [-0.2, 0) is 24.1 Å². The summed E-state index contributed by atoms with van der Waals surface area (Å²) in [6, 6.07) is 11.8. The Bertz CT molecular complexity index is 1730. The molecular weight excluding hydrogens is 573 g/mol. The summed E-state index contributed by atoms with van der Waals surface area (Å²) in [5.41, 5.74) is 7.25. The molecule has 0 radical (unpaired) electrons. The molecule has 2 aliphatic heterocycles. The number of hydrogen-bond donors (Lipinski definition) is 2. The molecule has 2 fully saturated rings. The quantitative estimate of drug-likeness (QED) is 0.326. The number of ether oxygens (including phenoxy) is 1. The number of nitriles is 1. The van der Waals surface area contributed by atoms with Crippen LogP contribution in [0.3, 0.4) is 0 Å². The number of nitrogens with two attached hydrogens (primary N) is 1. The van der Waals surface area contributed by atoms with Gasteiger partial charge in [0.15, 0.2) is 0 Å². The summed E-state index contributed by atoms with van der Waals surface area (Å²) in [7, 11) is 0. The van der Waals surface area contributed by atoms with E-state index in [0.717, 1.165) is 25.6 Å². The fourth-order valence-electron chi connectivity index (χ4n) is 4.86. The summed E-state index contributed by atoms with van der Waals surface area (Å²) < 4.78 is 45.0. The van der Waals surface area contributed by atoms with E-state index in [4.69, 9.17) is 15.7 Å². The molecule has 0 spiro atoms. The van der Waals surface area contributed by atoms with E-state index in [2.05, 4.69) is 9.97 Å². The second-order valence-corrected chi connectivity index (χ2v) is 10.8. The van der Waals surface area contributed by atoms with E-state index in [1.807, 2.05) is 11.0 Å². The molecule has 2 saturated heterocycles. The molecule has 4 heterocycles. The Kier molecular flexibility index (Phi) is 8.15. The summed E-state index contributed by atoms with van der Waals surface area (Å²) >= 11 is 0.438. The second kappa shape index (κ2) is 11.8. The summed E-state index contributed by atoms with van der Waals surface area (Å²) in [5, 5.41) is 18.9. The summed E-state index contributed by atoms with van der Waals surface area (Å²) in [6.07, 6.45) is -0.381. The van der Waals surface area contributed by atoms with Gasteiger partial charge in [0.25, 0.3) is 5.56 Å². The number of hydrogen-bond acceptors (Lipinski definition) is 9. The average molecular weight is 599 g/mol. The number of benzene rings is 2. The van der Waals surface area contributed by atoms with Crippen LogP contribution in [0.15, 0.2) is 47.4 Å². The number of amides is 1. The molecule has 2 aliphatic rings. The molecule has 42 heavy (non-hydrogen) atoms. The highest BCUT2D eigenvalue weighted by molar-refractivity contribution is 7.15. The van der Waals surface area contributed by atoms with Crippen LogP contribution >= 0.6 is 11.3 Å². The maximum atomic E-state index is 13.1. The zero-order valence-electron chi connectivity index (χ0n) is 22.1. The zero-order chi connectivity index (χ0) is 30.0. The SMILES string of the molecule is N#Cc1ccc(Cn2c(CO)nc3cc(-c4ncc(C(F)(F)F)s4)c(N)cc3c2=O)cc1.O=C1OCC2CCCCN12. The Morgan fingerprint density at radius 3 is 2.60 bits per heavy atom. The Labute approximate surface area is 241 Å². The van der Waals surface area contributed by atoms with Gasteiger partial charge in [0.05, 0.1) is 41.3 Å². The molecule has 0 bridgehead atoms. The van der Waals surface area contributed by atoms with Crippen LogP contribution in [-0.4, -0.2) is 49.8 Å². The van der Waals surface area contributed by atoms with Gasteiger partial charge < -0.3 is 20.5 Å². The van der Waals surface area contributed by atoms with Crippen LogP contribution in [0.25, 0.3) is 21.5 Å². The molecule has 4 aromatic rings. The molecule has 6 rings (SSSR count). The lowest BCUT2D eigenvalue weighted by atomic mass is 10.0. The van der Waals surface area contributed by atoms with E-state index >= 15 is 0 Å². The van der Waals surface area contributed by atoms with Crippen LogP contribution in [0.4, 0.5) is 23.7 Å². The number of aliphatic hydroxyl groups excluding tert-OH is 1. The molecule has 2 aromatic carbocycles. The number of piperidine rings is 1. The van der Waals surface area contributed by atoms with Crippen molar-refractivity contribution in [1.82, 2.24) is 19.4 Å². The highest BCUT2D eigenvalue weighted by Gasteiger charge is 2.34. The van der Waals surface area contributed by atoms with E-state index in [0.29, 0.717) is 35.1 Å². The maximum absolute atomic E-state index is 13.1. The van der Waals surface area contributed by atoms with Gasteiger partial charge in [-0.05, 0) is 49.1 Å². The van der Waals surface area contributed by atoms with Gasteiger partial charge in [-0.3, -0.25) is 9.36 Å². The molecule has 3 N–H and O–H groups in total. The Morgan fingerprint density at radius 2 is 1.95 bits per heavy atom. The van der Waals surface area contributed by atoms with Gasteiger partial charge in [-0.15, -0.1) is 11.3 Å². The van der Waals surface area contributed by atoms with Crippen LogP contribution in [0.1, 0.15) is 41.1 Å². The average Bonchev–Trinajstić information content (AvgIpc) is 3.63. The first-order valence-corrected chi connectivity index (χ1v) is 13.8. The van der Waals surface area contributed by atoms with Crippen molar-refractivity contribution in [2.75, 3.05) is 18.9 Å². The minimum atomic E-state index is -4.52. The Balaban J connectivity index is 0.000000295. The first-order valence-electron chi connectivity index (χ1n) is 13.0. The molecule has 0 aliphatic carbocycles. The van der Waals surface area contributed by atoms with Gasteiger partial charge in [-0.1, -0.05) is 12.1 Å². The number of cyclic esters (lactones) is 1. The third-order valence-corrected chi connectivity index (χ3v) is 8.12. The number of carbonyl (C=O) groups is 1. The smallest absolute Gasteiger partial charge is 0.427 e. The number of alkyl halides is 3. The minimum absolute atomic E-state index is 0.0471. The number of carbonyl (C=O) groups excluding carboxylic acids is 1. The normalized spacial score (nSPS) is 16.4.